The Labute approximate surface area is 254 Å². The summed E-state index contributed by atoms with van der Waals surface area (Å²) >= 11 is 6.11. The number of sulfonamides is 1. The molecule has 0 radical (unpaired) electrons. The number of anilines is 1. The monoisotopic (exact) mass is 609 g/mol. The molecule has 7 nitrogen and oxygen atoms in total. The van der Waals surface area contributed by atoms with Crippen LogP contribution in [-0.2, 0) is 32.6 Å². The van der Waals surface area contributed by atoms with Crippen LogP contribution in [0.3, 0.4) is 0 Å². The first-order valence-electron chi connectivity index (χ1n) is 14.7. The Morgan fingerprint density at radius 1 is 0.881 bits per heavy atom. The molecule has 0 spiro atoms. The zero-order valence-corrected chi connectivity index (χ0v) is 25.9. The number of halogens is 1. The van der Waals surface area contributed by atoms with E-state index in [1.165, 1.54) is 17.0 Å². The molecule has 4 rings (SSSR count). The van der Waals surface area contributed by atoms with E-state index in [9.17, 15) is 18.0 Å². The highest BCUT2D eigenvalue weighted by atomic mass is 35.5. The molecule has 42 heavy (non-hydrogen) atoms. The number of carbonyl (C=O) groups excluding carboxylic acids is 2. The van der Waals surface area contributed by atoms with Crippen LogP contribution in [-0.4, -0.2) is 43.8 Å². The Morgan fingerprint density at radius 2 is 1.50 bits per heavy atom. The smallest absolute Gasteiger partial charge is 0.264 e. The predicted octanol–water partition coefficient (Wildman–Crippen LogP) is 6.35. The molecular formula is C33H40ClN3O4S. The summed E-state index contributed by atoms with van der Waals surface area (Å²) in [4.78, 5) is 29.4. The van der Waals surface area contributed by atoms with E-state index in [0.717, 1.165) is 54.0 Å². The molecular weight excluding hydrogens is 570 g/mol. The summed E-state index contributed by atoms with van der Waals surface area (Å²) in [5.74, 6) is -0.675. The third kappa shape index (κ3) is 7.92. The number of aryl methyl sites for hydroxylation is 1. The van der Waals surface area contributed by atoms with Crippen molar-refractivity contribution in [2.24, 2.45) is 0 Å². The largest absolute Gasteiger partial charge is 0.352 e. The number of hydrogen-bond acceptors (Lipinski definition) is 4. The normalized spacial score (nSPS) is 14.6. The number of nitrogens with zero attached hydrogens (tertiary/aromatic N) is 2. The van der Waals surface area contributed by atoms with Gasteiger partial charge in [0.15, 0.2) is 0 Å². The molecule has 2 amide bonds. The summed E-state index contributed by atoms with van der Waals surface area (Å²) in [5.41, 5.74) is 2.23. The predicted molar refractivity (Wildman–Crippen MR) is 168 cm³/mol. The fraction of sp³-hybridized carbons (Fsp3) is 0.394. The van der Waals surface area contributed by atoms with Gasteiger partial charge in [-0.15, -0.1) is 0 Å². The zero-order chi connectivity index (χ0) is 30.1. The summed E-state index contributed by atoms with van der Waals surface area (Å²) in [7, 11) is -4.09. The van der Waals surface area contributed by atoms with Crippen molar-refractivity contribution in [1.29, 1.82) is 0 Å². The van der Waals surface area contributed by atoms with Gasteiger partial charge in [0, 0.05) is 17.6 Å². The van der Waals surface area contributed by atoms with Crippen molar-refractivity contribution in [1.82, 2.24) is 10.2 Å². The van der Waals surface area contributed by atoms with Crippen molar-refractivity contribution < 1.29 is 18.0 Å². The minimum absolute atomic E-state index is 0.0832. The molecule has 1 fully saturated rings. The number of benzene rings is 3. The number of hydrogen-bond donors (Lipinski definition) is 1. The highest BCUT2D eigenvalue weighted by Gasteiger charge is 2.34. The first-order valence-corrected chi connectivity index (χ1v) is 16.6. The maximum absolute atomic E-state index is 14.2. The molecule has 0 bridgehead atoms. The highest BCUT2D eigenvalue weighted by molar-refractivity contribution is 7.92. The summed E-state index contributed by atoms with van der Waals surface area (Å²) in [6.07, 6.45) is 6.32. The first-order chi connectivity index (χ1) is 20.2. The second kappa shape index (κ2) is 14.7. The number of amides is 2. The highest BCUT2D eigenvalue weighted by Crippen LogP contribution is 2.26. The lowest BCUT2D eigenvalue weighted by Crippen LogP contribution is -2.54. The van der Waals surface area contributed by atoms with Crippen LogP contribution in [0.2, 0.25) is 5.02 Å². The molecule has 1 aliphatic rings. The van der Waals surface area contributed by atoms with Crippen molar-refractivity contribution in [3.8, 4) is 0 Å². The minimum Gasteiger partial charge on any atom is -0.352 e. The van der Waals surface area contributed by atoms with Crippen LogP contribution >= 0.6 is 11.6 Å². The van der Waals surface area contributed by atoms with E-state index in [0.29, 0.717) is 17.1 Å². The van der Waals surface area contributed by atoms with Crippen molar-refractivity contribution in [3.05, 3.63) is 95.0 Å². The molecule has 0 aromatic heterocycles. The van der Waals surface area contributed by atoms with Crippen molar-refractivity contribution in [2.45, 2.75) is 82.3 Å². The van der Waals surface area contributed by atoms with Gasteiger partial charge < -0.3 is 10.2 Å². The molecule has 0 saturated heterocycles. The summed E-state index contributed by atoms with van der Waals surface area (Å²) in [6.45, 7) is 3.58. The molecule has 3 aromatic rings. The Morgan fingerprint density at radius 3 is 2.10 bits per heavy atom. The van der Waals surface area contributed by atoms with E-state index in [4.69, 9.17) is 11.6 Å². The van der Waals surface area contributed by atoms with Crippen LogP contribution in [0.1, 0.15) is 63.5 Å². The van der Waals surface area contributed by atoms with E-state index in [2.05, 4.69) is 5.32 Å². The van der Waals surface area contributed by atoms with Crippen LogP contribution in [0.15, 0.2) is 83.8 Å². The third-order valence-electron chi connectivity index (χ3n) is 7.85. The second-order valence-corrected chi connectivity index (χ2v) is 13.1. The lowest BCUT2D eigenvalue weighted by Gasteiger charge is -2.34. The maximum atomic E-state index is 14.2. The zero-order valence-electron chi connectivity index (χ0n) is 24.3. The molecule has 1 atom stereocenters. The van der Waals surface area contributed by atoms with Crippen LogP contribution < -0.4 is 9.62 Å². The molecule has 1 saturated carbocycles. The number of carbonyl (C=O) groups is 2. The number of rotatable bonds is 12. The quantitative estimate of drug-likeness (QED) is 0.259. The van der Waals surface area contributed by atoms with E-state index >= 15 is 0 Å². The van der Waals surface area contributed by atoms with Crippen LogP contribution in [0.5, 0.6) is 0 Å². The van der Waals surface area contributed by atoms with Crippen molar-refractivity contribution >= 4 is 39.1 Å². The summed E-state index contributed by atoms with van der Waals surface area (Å²) in [6, 6.07) is 21.7. The molecule has 0 heterocycles. The van der Waals surface area contributed by atoms with Gasteiger partial charge in [0.05, 0.1) is 10.6 Å². The molecule has 0 unspecified atom stereocenters. The lowest BCUT2D eigenvalue weighted by atomic mass is 9.95. The topological polar surface area (TPSA) is 86.8 Å². The van der Waals surface area contributed by atoms with Gasteiger partial charge >= 0.3 is 0 Å². The first kappa shape index (κ1) is 31.6. The van der Waals surface area contributed by atoms with Crippen LogP contribution in [0, 0.1) is 0 Å². The fourth-order valence-electron chi connectivity index (χ4n) is 5.40. The standard InChI is InChI=1S/C33H40ClN3O4S/c1-3-25-17-21-29(22-18-25)37(42(40,41)30-13-9-6-10-14-30)24-32(38)36(23-26-15-19-27(34)20-16-26)31(4-2)33(39)35-28-11-7-5-8-12-28/h6,9-10,13-22,28,31H,3-5,7-8,11-12,23-24H2,1-2H3,(H,35,39)/t31-/m1/s1. The second-order valence-electron chi connectivity index (χ2n) is 10.8. The van der Waals surface area contributed by atoms with Crippen LogP contribution in [0.25, 0.3) is 0 Å². The average Bonchev–Trinajstić information content (AvgIpc) is 3.01. The lowest BCUT2D eigenvalue weighted by molar-refractivity contribution is -0.140. The van der Waals surface area contributed by atoms with Gasteiger partial charge in [-0.3, -0.25) is 13.9 Å². The summed E-state index contributed by atoms with van der Waals surface area (Å²) < 4.78 is 29.0. The Kier molecular flexibility index (Phi) is 11.0. The van der Waals surface area contributed by atoms with E-state index in [1.54, 1.807) is 42.5 Å². The van der Waals surface area contributed by atoms with E-state index in [1.807, 2.05) is 38.1 Å². The Bertz CT molecular complexity index is 1420. The number of nitrogens with one attached hydrogen (secondary N) is 1. The Hall–Kier alpha value is -3.36. The van der Waals surface area contributed by atoms with Gasteiger partial charge in [-0.25, -0.2) is 8.42 Å². The average molecular weight is 610 g/mol. The maximum Gasteiger partial charge on any atom is 0.264 e. The molecule has 1 aliphatic carbocycles. The van der Waals surface area contributed by atoms with Gasteiger partial charge in [-0.1, -0.05) is 87.2 Å². The third-order valence-corrected chi connectivity index (χ3v) is 9.89. The summed E-state index contributed by atoms with van der Waals surface area (Å²) in [5, 5.41) is 3.73. The minimum atomic E-state index is -4.09. The van der Waals surface area contributed by atoms with Crippen molar-refractivity contribution in [3.63, 3.8) is 0 Å². The molecule has 1 N–H and O–H groups in total. The molecule has 9 heteroatoms. The molecule has 224 valence electrons. The molecule has 3 aromatic carbocycles. The van der Waals surface area contributed by atoms with Crippen molar-refractivity contribution in [2.75, 3.05) is 10.8 Å². The fourth-order valence-corrected chi connectivity index (χ4v) is 6.96. The Balaban J connectivity index is 1.69. The van der Waals surface area contributed by atoms with Gasteiger partial charge in [0.1, 0.15) is 12.6 Å². The van der Waals surface area contributed by atoms with Gasteiger partial charge in [-0.05, 0) is 73.2 Å². The van der Waals surface area contributed by atoms with Gasteiger partial charge in [0.2, 0.25) is 11.8 Å². The SMILES string of the molecule is CCc1ccc(N(CC(=O)N(Cc2ccc(Cl)cc2)[C@H](CC)C(=O)NC2CCCCC2)S(=O)(=O)c2ccccc2)cc1. The van der Waals surface area contributed by atoms with E-state index < -0.39 is 28.5 Å². The van der Waals surface area contributed by atoms with Gasteiger partial charge in [-0.2, -0.15) is 0 Å². The van der Waals surface area contributed by atoms with E-state index in [-0.39, 0.29) is 23.4 Å². The molecule has 0 aliphatic heterocycles. The van der Waals surface area contributed by atoms with Gasteiger partial charge in [0.25, 0.3) is 10.0 Å². The van der Waals surface area contributed by atoms with Crippen LogP contribution in [0.4, 0.5) is 5.69 Å².